The lowest BCUT2D eigenvalue weighted by Crippen LogP contribution is -2.48. The van der Waals surface area contributed by atoms with Crippen molar-refractivity contribution in [3.63, 3.8) is 0 Å². The Labute approximate surface area is 147 Å². The zero-order valence-electron chi connectivity index (χ0n) is 12.8. The highest BCUT2D eigenvalue weighted by Crippen LogP contribution is 2.31. The number of hydrogen-bond acceptors (Lipinski definition) is 7. The molecule has 24 heavy (non-hydrogen) atoms. The van der Waals surface area contributed by atoms with Crippen LogP contribution >= 0.6 is 22.7 Å². The number of nitrogens with zero attached hydrogens (tertiary/aromatic N) is 5. The molecule has 4 rings (SSSR count). The fraction of sp³-hybridized carbons (Fsp3) is 0.250. The summed E-state index contributed by atoms with van der Waals surface area (Å²) < 4.78 is 0. The lowest BCUT2D eigenvalue weighted by Gasteiger charge is -2.34. The van der Waals surface area contributed by atoms with Gasteiger partial charge in [0.15, 0.2) is 5.01 Å². The number of aromatic nitrogens is 3. The molecule has 8 heteroatoms. The second-order valence-corrected chi connectivity index (χ2v) is 7.29. The van der Waals surface area contributed by atoms with Gasteiger partial charge in [-0.3, -0.25) is 9.78 Å². The Morgan fingerprint density at radius 1 is 1.08 bits per heavy atom. The van der Waals surface area contributed by atoms with E-state index in [0.29, 0.717) is 18.7 Å². The van der Waals surface area contributed by atoms with Gasteiger partial charge in [-0.15, -0.1) is 21.5 Å². The van der Waals surface area contributed by atoms with E-state index in [1.165, 1.54) is 0 Å². The van der Waals surface area contributed by atoms with E-state index in [1.54, 1.807) is 47.2 Å². The van der Waals surface area contributed by atoms with Crippen LogP contribution in [0.25, 0.3) is 9.88 Å². The molecule has 0 N–H and O–H groups in total. The van der Waals surface area contributed by atoms with E-state index in [0.717, 1.165) is 28.1 Å². The first-order valence-electron chi connectivity index (χ1n) is 7.63. The monoisotopic (exact) mass is 357 g/mol. The van der Waals surface area contributed by atoms with Gasteiger partial charge < -0.3 is 9.80 Å². The Hall–Kier alpha value is -2.32. The molecule has 0 aliphatic carbocycles. The van der Waals surface area contributed by atoms with Crippen LogP contribution in [-0.2, 0) is 0 Å². The molecular weight excluding hydrogens is 342 g/mol. The third-order valence-electron chi connectivity index (χ3n) is 3.89. The third-order valence-corrected chi connectivity index (χ3v) is 5.92. The number of hydrogen-bond donors (Lipinski definition) is 0. The fourth-order valence-electron chi connectivity index (χ4n) is 2.62. The van der Waals surface area contributed by atoms with E-state index in [9.17, 15) is 4.79 Å². The molecule has 4 heterocycles. The number of carbonyl (C=O) groups is 1. The van der Waals surface area contributed by atoms with Crippen LogP contribution in [0.5, 0.6) is 0 Å². The summed E-state index contributed by atoms with van der Waals surface area (Å²) in [7, 11) is 0. The molecule has 0 aromatic carbocycles. The molecule has 0 atom stereocenters. The molecule has 1 aliphatic heterocycles. The van der Waals surface area contributed by atoms with Crippen LogP contribution in [0, 0.1) is 0 Å². The Kier molecular flexibility index (Phi) is 4.22. The van der Waals surface area contributed by atoms with Gasteiger partial charge in [-0.05, 0) is 23.6 Å². The van der Waals surface area contributed by atoms with Crippen LogP contribution in [0.15, 0.2) is 42.0 Å². The molecule has 0 bridgehead atoms. The van der Waals surface area contributed by atoms with Crippen LogP contribution in [0.4, 0.5) is 5.13 Å². The molecule has 1 aliphatic rings. The van der Waals surface area contributed by atoms with E-state index in [4.69, 9.17) is 0 Å². The summed E-state index contributed by atoms with van der Waals surface area (Å²) >= 11 is 3.27. The smallest absolute Gasteiger partial charge is 0.255 e. The lowest BCUT2D eigenvalue weighted by molar-refractivity contribution is 0.0746. The van der Waals surface area contributed by atoms with Crippen molar-refractivity contribution in [1.29, 1.82) is 0 Å². The summed E-state index contributed by atoms with van der Waals surface area (Å²) in [5.41, 5.74) is 0.641. The van der Waals surface area contributed by atoms with Crippen molar-refractivity contribution in [2.75, 3.05) is 31.1 Å². The molecule has 0 unspecified atom stereocenters. The average molecular weight is 357 g/mol. The molecule has 3 aromatic heterocycles. The number of amides is 1. The van der Waals surface area contributed by atoms with Gasteiger partial charge in [0, 0.05) is 38.6 Å². The minimum atomic E-state index is 0.0410. The number of carbonyl (C=O) groups excluding carboxylic acids is 1. The molecule has 122 valence electrons. The maximum Gasteiger partial charge on any atom is 0.255 e. The summed E-state index contributed by atoms with van der Waals surface area (Å²) in [4.78, 5) is 21.7. The van der Waals surface area contributed by atoms with Crippen molar-refractivity contribution in [2.24, 2.45) is 0 Å². The Morgan fingerprint density at radius 2 is 1.96 bits per heavy atom. The Balaban J connectivity index is 1.40. The highest BCUT2D eigenvalue weighted by Gasteiger charge is 2.24. The lowest BCUT2D eigenvalue weighted by atomic mass is 10.2. The number of piperazine rings is 1. The maximum atomic E-state index is 12.4. The third kappa shape index (κ3) is 3.02. The normalized spacial score (nSPS) is 14.8. The minimum Gasteiger partial charge on any atom is -0.343 e. The number of anilines is 1. The van der Waals surface area contributed by atoms with Gasteiger partial charge in [0.05, 0.1) is 10.4 Å². The summed E-state index contributed by atoms with van der Waals surface area (Å²) in [6, 6.07) is 7.67. The topological polar surface area (TPSA) is 62.2 Å². The highest BCUT2D eigenvalue weighted by molar-refractivity contribution is 7.22. The molecule has 1 fully saturated rings. The Bertz CT molecular complexity index is 810. The average Bonchev–Trinajstić information content (AvgIpc) is 3.33. The molecule has 0 saturated carbocycles. The van der Waals surface area contributed by atoms with Gasteiger partial charge in [0.25, 0.3) is 5.91 Å². The van der Waals surface area contributed by atoms with Crippen molar-refractivity contribution in [2.45, 2.75) is 0 Å². The molecular formula is C16H15N5OS2. The fourth-order valence-corrected chi connectivity index (χ4v) is 4.30. The second kappa shape index (κ2) is 6.66. The van der Waals surface area contributed by atoms with Crippen molar-refractivity contribution in [3.8, 4) is 9.88 Å². The first kappa shape index (κ1) is 15.2. The molecule has 0 spiro atoms. The van der Waals surface area contributed by atoms with Crippen LogP contribution in [0.2, 0.25) is 0 Å². The SMILES string of the molecule is O=C(c1cccnc1)N1CCN(c2nnc(-c3cccs3)s2)CC1. The van der Waals surface area contributed by atoms with E-state index in [2.05, 4.69) is 26.1 Å². The summed E-state index contributed by atoms with van der Waals surface area (Å²) in [5.74, 6) is 0.0410. The molecule has 1 saturated heterocycles. The van der Waals surface area contributed by atoms with E-state index in [-0.39, 0.29) is 5.91 Å². The standard InChI is InChI=1S/C16H15N5OS2/c22-15(12-3-1-5-17-11-12)20-6-8-21(9-7-20)16-19-18-14(24-16)13-4-2-10-23-13/h1-5,10-11H,6-9H2. The van der Waals surface area contributed by atoms with Gasteiger partial charge in [-0.1, -0.05) is 17.4 Å². The predicted molar refractivity (Wildman–Crippen MR) is 95.6 cm³/mol. The van der Waals surface area contributed by atoms with Gasteiger partial charge in [-0.2, -0.15) is 0 Å². The molecule has 6 nitrogen and oxygen atoms in total. The van der Waals surface area contributed by atoms with Crippen LogP contribution < -0.4 is 4.90 Å². The first-order valence-corrected chi connectivity index (χ1v) is 9.32. The molecule has 1 amide bonds. The number of thiophene rings is 1. The highest BCUT2D eigenvalue weighted by atomic mass is 32.1. The second-order valence-electron chi connectivity index (χ2n) is 5.39. The van der Waals surface area contributed by atoms with Crippen LogP contribution in [0.3, 0.4) is 0 Å². The summed E-state index contributed by atoms with van der Waals surface area (Å²) in [6.07, 6.45) is 3.29. The number of rotatable bonds is 3. The van der Waals surface area contributed by atoms with E-state index >= 15 is 0 Å². The van der Waals surface area contributed by atoms with Crippen LogP contribution in [-0.4, -0.2) is 52.2 Å². The molecule has 3 aromatic rings. The Morgan fingerprint density at radius 3 is 2.67 bits per heavy atom. The zero-order chi connectivity index (χ0) is 16.4. The van der Waals surface area contributed by atoms with Gasteiger partial charge in [0.2, 0.25) is 5.13 Å². The van der Waals surface area contributed by atoms with Crippen molar-refractivity contribution in [3.05, 3.63) is 47.6 Å². The maximum absolute atomic E-state index is 12.4. The van der Waals surface area contributed by atoms with Gasteiger partial charge >= 0.3 is 0 Å². The minimum absolute atomic E-state index is 0.0410. The van der Waals surface area contributed by atoms with Crippen LogP contribution in [0.1, 0.15) is 10.4 Å². The zero-order valence-corrected chi connectivity index (χ0v) is 14.5. The van der Waals surface area contributed by atoms with Gasteiger partial charge in [-0.25, -0.2) is 0 Å². The number of pyridine rings is 1. The van der Waals surface area contributed by atoms with Gasteiger partial charge in [0.1, 0.15) is 0 Å². The van der Waals surface area contributed by atoms with Crippen molar-refractivity contribution in [1.82, 2.24) is 20.1 Å². The largest absolute Gasteiger partial charge is 0.343 e. The summed E-state index contributed by atoms with van der Waals surface area (Å²) in [6.45, 7) is 2.90. The van der Waals surface area contributed by atoms with E-state index in [1.807, 2.05) is 16.3 Å². The van der Waals surface area contributed by atoms with Crippen molar-refractivity contribution >= 4 is 33.7 Å². The molecule has 0 radical (unpaired) electrons. The predicted octanol–water partition coefficient (Wildman–Crippen LogP) is 2.62. The quantitative estimate of drug-likeness (QED) is 0.721. The van der Waals surface area contributed by atoms with Crippen molar-refractivity contribution < 1.29 is 4.79 Å². The van der Waals surface area contributed by atoms with E-state index < -0.39 is 0 Å². The summed E-state index contributed by atoms with van der Waals surface area (Å²) in [5, 5.41) is 12.5. The first-order chi connectivity index (χ1) is 11.8.